The van der Waals surface area contributed by atoms with Gasteiger partial charge in [-0.25, -0.2) is 13.6 Å². The van der Waals surface area contributed by atoms with Crippen LogP contribution in [0.3, 0.4) is 0 Å². The van der Waals surface area contributed by atoms with Crippen LogP contribution in [0.4, 0.5) is 14.5 Å². The molecule has 2 heterocycles. The molecule has 4 aromatic carbocycles. The van der Waals surface area contributed by atoms with Gasteiger partial charge in [0, 0.05) is 55.6 Å². The lowest BCUT2D eigenvalue weighted by atomic mass is 10.1. The number of halogens is 2. The molecule has 1 saturated heterocycles. The molecule has 0 spiro atoms. The summed E-state index contributed by atoms with van der Waals surface area (Å²) in [6.07, 6.45) is 1.20. The summed E-state index contributed by atoms with van der Waals surface area (Å²) in [6.45, 7) is 5.15. The summed E-state index contributed by atoms with van der Waals surface area (Å²) in [4.78, 5) is 34.8. The lowest BCUT2D eigenvalue weighted by Gasteiger charge is -2.36. The van der Waals surface area contributed by atoms with E-state index >= 15 is 4.39 Å². The maximum Gasteiger partial charge on any atom is 0.341 e. The molecule has 0 aliphatic carbocycles. The zero-order chi connectivity index (χ0) is 32.2. The third-order valence-corrected chi connectivity index (χ3v) is 8.13. The summed E-state index contributed by atoms with van der Waals surface area (Å²) in [5, 5.41) is 14.1. The Hall–Kier alpha value is -5.35. The Morgan fingerprint density at radius 1 is 0.913 bits per heavy atom. The molecule has 10 heteroatoms. The average molecular weight is 623 g/mol. The second kappa shape index (κ2) is 13.3. The van der Waals surface area contributed by atoms with E-state index in [-0.39, 0.29) is 5.39 Å². The Bertz CT molecular complexity index is 1950. The summed E-state index contributed by atoms with van der Waals surface area (Å²) < 4.78 is 30.8. The van der Waals surface area contributed by atoms with Crippen LogP contribution in [-0.2, 0) is 11.4 Å². The number of oxime groups is 1. The Morgan fingerprint density at radius 3 is 2.28 bits per heavy atom. The third kappa shape index (κ3) is 6.67. The van der Waals surface area contributed by atoms with Crippen LogP contribution in [0.5, 0.6) is 0 Å². The highest BCUT2D eigenvalue weighted by Crippen LogP contribution is 2.28. The van der Waals surface area contributed by atoms with Crippen LogP contribution in [0.25, 0.3) is 16.6 Å². The van der Waals surface area contributed by atoms with Crippen molar-refractivity contribution in [2.75, 3.05) is 37.6 Å². The zero-order valence-electron chi connectivity index (χ0n) is 25.2. The van der Waals surface area contributed by atoms with Crippen LogP contribution in [0, 0.1) is 18.6 Å². The minimum absolute atomic E-state index is 0.0708. The van der Waals surface area contributed by atoms with Crippen molar-refractivity contribution in [2.45, 2.75) is 13.5 Å². The molecule has 0 radical (unpaired) electrons. The first kappa shape index (κ1) is 30.7. The van der Waals surface area contributed by atoms with E-state index in [4.69, 9.17) is 4.84 Å². The lowest BCUT2D eigenvalue weighted by molar-refractivity contribution is 0.0695. The first-order chi connectivity index (χ1) is 22.3. The molecular weight excluding hydrogens is 590 g/mol. The van der Waals surface area contributed by atoms with Crippen LogP contribution in [0.2, 0.25) is 0 Å². The Labute approximate surface area is 264 Å². The second-order valence-corrected chi connectivity index (χ2v) is 11.3. The smallest absolute Gasteiger partial charge is 0.341 e. The summed E-state index contributed by atoms with van der Waals surface area (Å²) in [5.41, 5.74) is 3.68. The van der Waals surface area contributed by atoms with E-state index in [2.05, 4.69) is 10.1 Å². The van der Waals surface area contributed by atoms with Crippen molar-refractivity contribution in [1.29, 1.82) is 0 Å². The number of nitrogens with zero attached hydrogens (tertiary/aromatic N) is 4. The molecule has 0 atom stereocenters. The second-order valence-electron chi connectivity index (χ2n) is 11.3. The summed E-state index contributed by atoms with van der Waals surface area (Å²) in [6, 6.07) is 26.0. The van der Waals surface area contributed by atoms with Crippen molar-refractivity contribution in [2.24, 2.45) is 5.16 Å². The lowest BCUT2D eigenvalue weighted by Crippen LogP contribution is -2.48. The molecule has 1 N–H and O–H groups in total. The number of pyridine rings is 1. The van der Waals surface area contributed by atoms with Gasteiger partial charge < -0.3 is 19.4 Å². The number of rotatable bonds is 9. The number of carboxylic acids is 1. The molecule has 8 nitrogen and oxygen atoms in total. The molecule has 1 aliphatic rings. The van der Waals surface area contributed by atoms with Crippen molar-refractivity contribution in [3.05, 3.63) is 141 Å². The predicted octanol–water partition coefficient (Wildman–Crippen LogP) is 6.02. The molecule has 1 fully saturated rings. The van der Waals surface area contributed by atoms with Gasteiger partial charge in [-0.05, 0) is 48.9 Å². The zero-order valence-corrected chi connectivity index (χ0v) is 25.2. The SMILES string of the molecule is Cc1ccc(C(CN2CCN(c3cc4c(cc3F)c(=O)c(C(=O)O)cn4-c3ccc(F)cc3)CC2)=NOCc2ccccc2)cc1. The number of hydrogen-bond donors (Lipinski definition) is 1. The number of carboxylic acid groups (broad SMARTS) is 1. The normalized spacial score (nSPS) is 14.1. The topological polar surface area (TPSA) is 87.4 Å². The van der Waals surface area contributed by atoms with Crippen LogP contribution < -0.4 is 10.3 Å². The van der Waals surface area contributed by atoms with Gasteiger partial charge >= 0.3 is 5.97 Å². The van der Waals surface area contributed by atoms with Gasteiger partial charge in [-0.15, -0.1) is 0 Å². The summed E-state index contributed by atoms with van der Waals surface area (Å²) in [5.74, 6) is -2.51. The quantitative estimate of drug-likeness (QED) is 0.160. The van der Waals surface area contributed by atoms with E-state index in [0.29, 0.717) is 56.2 Å². The van der Waals surface area contributed by atoms with Crippen molar-refractivity contribution in [3.8, 4) is 5.69 Å². The van der Waals surface area contributed by atoms with Gasteiger partial charge in [0.1, 0.15) is 29.5 Å². The molecular formula is C36H32F2N4O4. The van der Waals surface area contributed by atoms with Crippen molar-refractivity contribution < 1.29 is 23.5 Å². The van der Waals surface area contributed by atoms with E-state index in [0.717, 1.165) is 28.5 Å². The van der Waals surface area contributed by atoms with Gasteiger partial charge in [0.15, 0.2) is 0 Å². The number of aryl methyl sites for hydroxylation is 1. The number of hydrogen-bond acceptors (Lipinski definition) is 6. The molecule has 0 bridgehead atoms. The molecule has 5 aromatic rings. The number of carbonyl (C=O) groups is 1. The number of aromatic carboxylic acids is 1. The summed E-state index contributed by atoms with van der Waals surface area (Å²) in [7, 11) is 0. The minimum Gasteiger partial charge on any atom is -0.477 e. The molecule has 1 aliphatic heterocycles. The maximum absolute atomic E-state index is 15.6. The van der Waals surface area contributed by atoms with E-state index in [9.17, 15) is 19.1 Å². The summed E-state index contributed by atoms with van der Waals surface area (Å²) >= 11 is 0. The Balaban J connectivity index is 1.24. The van der Waals surface area contributed by atoms with Gasteiger partial charge in [-0.2, -0.15) is 0 Å². The highest BCUT2D eigenvalue weighted by atomic mass is 19.1. The molecule has 6 rings (SSSR count). The first-order valence-electron chi connectivity index (χ1n) is 14.9. The molecule has 0 unspecified atom stereocenters. The fourth-order valence-electron chi connectivity index (χ4n) is 5.58. The van der Waals surface area contributed by atoms with Crippen molar-refractivity contribution in [3.63, 3.8) is 0 Å². The van der Waals surface area contributed by atoms with E-state index in [1.165, 1.54) is 35.0 Å². The van der Waals surface area contributed by atoms with E-state index in [1.807, 2.05) is 66.4 Å². The number of benzene rings is 4. The van der Waals surface area contributed by atoms with E-state index in [1.54, 1.807) is 6.07 Å². The van der Waals surface area contributed by atoms with Gasteiger partial charge in [-0.3, -0.25) is 9.69 Å². The predicted molar refractivity (Wildman–Crippen MR) is 174 cm³/mol. The number of fused-ring (bicyclic) bond motifs is 1. The maximum atomic E-state index is 15.6. The minimum atomic E-state index is -1.43. The molecule has 0 saturated carbocycles. The van der Waals surface area contributed by atoms with Crippen LogP contribution in [0.15, 0.2) is 107 Å². The standard InChI is InChI=1S/C36H32F2N4O4/c1-24-7-9-26(10-8-24)32(39-46-23-25-5-3-2-4-6-25)22-40-15-17-41(18-16-40)34-20-33-29(19-31(34)38)35(43)30(36(44)45)21-42(33)28-13-11-27(37)12-14-28/h2-14,19-21H,15-18,22-23H2,1H3,(H,44,45). The number of aromatic nitrogens is 1. The number of piperazine rings is 1. The van der Waals surface area contributed by atoms with Gasteiger partial charge in [0.05, 0.1) is 11.2 Å². The first-order valence-corrected chi connectivity index (χ1v) is 14.9. The Morgan fingerprint density at radius 2 is 1.61 bits per heavy atom. The average Bonchev–Trinajstić information content (AvgIpc) is 3.06. The third-order valence-electron chi connectivity index (χ3n) is 8.13. The van der Waals surface area contributed by atoms with E-state index < -0.39 is 28.6 Å². The highest BCUT2D eigenvalue weighted by molar-refractivity contribution is 6.01. The Kier molecular flexibility index (Phi) is 8.89. The van der Waals surface area contributed by atoms with Crippen molar-refractivity contribution in [1.82, 2.24) is 9.47 Å². The number of anilines is 1. The van der Waals surface area contributed by atoms with Crippen LogP contribution in [0.1, 0.15) is 27.0 Å². The molecule has 0 amide bonds. The molecule has 234 valence electrons. The van der Waals surface area contributed by atoms with Gasteiger partial charge in [0.2, 0.25) is 5.43 Å². The monoisotopic (exact) mass is 622 g/mol. The fraction of sp³-hybridized carbons (Fsp3) is 0.194. The molecule has 1 aromatic heterocycles. The largest absolute Gasteiger partial charge is 0.477 e. The fourth-order valence-corrected chi connectivity index (χ4v) is 5.58. The van der Waals surface area contributed by atoms with Crippen molar-refractivity contribution >= 4 is 28.3 Å². The van der Waals surface area contributed by atoms with Gasteiger partial charge in [-0.1, -0.05) is 65.3 Å². The van der Waals surface area contributed by atoms with Crippen LogP contribution in [-0.4, -0.2) is 59.0 Å². The van der Waals surface area contributed by atoms with Crippen LogP contribution >= 0.6 is 0 Å². The highest BCUT2D eigenvalue weighted by Gasteiger charge is 2.24. The molecule has 46 heavy (non-hydrogen) atoms. The van der Waals surface area contributed by atoms with Gasteiger partial charge in [0.25, 0.3) is 0 Å².